The van der Waals surface area contributed by atoms with Gasteiger partial charge in [-0.3, -0.25) is 4.98 Å². The van der Waals surface area contributed by atoms with Crippen LogP contribution in [0.4, 0.5) is 13.2 Å². The van der Waals surface area contributed by atoms with Gasteiger partial charge in [-0.25, -0.2) is 0 Å². The molecule has 2 heterocycles. The van der Waals surface area contributed by atoms with Gasteiger partial charge in [0.2, 0.25) is 0 Å². The van der Waals surface area contributed by atoms with Crippen molar-refractivity contribution in [2.75, 3.05) is 13.1 Å². The van der Waals surface area contributed by atoms with Crippen molar-refractivity contribution in [3.63, 3.8) is 0 Å². The van der Waals surface area contributed by atoms with E-state index in [1.54, 1.807) is 0 Å². The fraction of sp³-hybridized carbons (Fsp3) is 0.545. The van der Waals surface area contributed by atoms with E-state index in [1.807, 2.05) is 0 Å². The molecule has 0 saturated carbocycles. The minimum absolute atomic E-state index is 0.504. The lowest BCUT2D eigenvalue weighted by atomic mass is 10.0. The Morgan fingerprint density at radius 2 is 2.19 bits per heavy atom. The highest BCUT2D eigenvalue weighted by Crippen LogP contribution is 2.28. The lowest BCUT2D eigenvalue weighted by Crippen LogP contribution is -2.12. The molecule has 1 fully saturated rings. The van der Waals surface area contributed by atoms with Crippen LogP contribution in [0.25, 0.3) is 0 Å². The summed E-state index contributed by atoms with van der Waals surface area (Å²) in [6.07, 6.45) is -1.55. The topological polar surface area (TPSA) is 24.9 Å². The number of rotatable bonds is 2. The third-order valence-corrected chi connectivity index (χ3v) is 2.81. The van der Waals surface area contributed by atoms with Gasteiger partial charge in [0.1, 0.15) is 0 Å². The number of halogens is 3. The van der Waals surface area contributed by atoms with Gasteiger partial charge in [0, 0.05) is 11.9 Å². The van der Waals surface area contributed by atoms with Gasteiger partial charge in [-0.2, -0.15) is 13.2 Å². The molecule has 88 valence electrons. The fourth-order valence-electron chi connectivity index (χ4n) is 1.90. The Labute approximate surface area is 91.9 Å². The van der Waals surface area contributed by atoms with Gasteiger partial charge >= 0.3 is 6.18 Å². The Morgan fingerprint density at radius 3 is 2.69 bits per heavy atom. The highest BCUT2D eigenvalue weighted by atomic mass is 19.4. The van der Waals surface area contributed by atoms with E-state index in [-0.39, 0.29) is 0 Å². The van der Waals surface area contributed by atoms with Crippen LogP contribution in [0, 0.1) is 5.92 Å². The molecular formula is C11H13F3N2. The second kappa shape index (κ2) is 4.41. The van der Waals surface area contributed by atoms with E-state index in [1.165, 1.54) is 6.07 Å². The zero-order valence-corrected chi connectivity index (χ0v) is 8.72. The SMILES string of the molecule is FC(F)(F)c1ccc(CC2CCNC2)nc1. The molecule has 1 aromatic rings. The van der Waals surface area contributed by atoms with Crippen molar-refractivity contribution in [1.29, 1.82) is 0 Å². The summed E-state index contributed by atoms with van der Waals surface area (Å²) in [4.78, 5) is 3.86. The average Bonchev–Trinajstić information content (AvgIpc) is 2.70. The molecule has 1 aliphatic rings. The van der Waals surface area contributed by atoms with Crippen molar-refractivity contribution in [3.8, 4) is 0 Å². The summed E-state index contributed by atoms with van der Waals surface area (Å²) in [6, 6.07) is 2.58. The molecule has 2 nitrogen and oxygen atoms in total. The molecule has 1 N–H and O–H groups in total. The summed E-state index contributed by atoms with van der Waals surface area (Å²) in [5.41, 5.74) is 0.0579. The molecule has 0 aromatic carbocycles. The number of alkyl halides is 3. The van der Waals surface area contributed by atoms with E-state index in [4.69, 9.17) is 0 Å². The Morgan fingerprint density at radius 1 is 1.38 bits per heavy atom. The molecular weight excluding hydrogens is 217 g/mol. The molecule has 1 aromatic heterocycles. The van der Waals surface area contributed by atoms with Gasteiger partial charge in [-0.15, -0.1) is 0 Å². The van der Waals surface area contributed by atoms with E-state index in [0.717, 1.165) is 43.9 Å². The summed E-state index contributed by atoms with van der Waals surface area (Å²) in [5.74, 6) is 0.504. The van der Waals surface area contributed by atoms with Crippen molar-refractivity contribution >= 4 is 0 Å². The third-order valence-electron chi connectivity index (χ3n) is 2.81. The molecule has 2 rings (SSSR count). The molecule has 0 radical (unpaired) electrons. The molecule has 1 atom stereocenters. The number of pyridine rings is 1. The Balaban J connectivity index is 2.01. The van der Waals surface area contributed by atoms with Crippen molar-refractivity contribution in [1.82, 2.24) is 10.3 Å². The molecule has 0 bridgehead atoms. The van der Waals surface area contributed by atoms with Crippen LogP contribution >= 0.6 is 0 Å². The van der Waals surface area contributed by atoms with Crippen molar-refractivity contribution in [2.24, 2.45) is 5.92 Å². The van der Waals surface area contributed by atoms with Crippen LogP contribution in [0.1, 0.15) is 17.7 Å². The molecule has 5 heteroatoms. The van der Waals surface area contributed by atoms with Crippen molar-refractivity contribution in [3.05, 3.63) is 29.6 Å². The van der Waals surface area contributed by atoms with Crippen molar-refractivity contribution < 1.29 is 13.2 Å². The Kier molecular flexibility index (Phi) is 3.14. The summed E-state index contributed by atoms with van der Waals surface area (Å²) < 4.78 is 36.8. The largest absolute Gasteiger partial charge is 0.417 e. The van der Waals surface area contributed by atoms with Gasteiger partial charge in [-0.1, -0.05) is 0 Å². The Bertz CT molecular complexity index is 339. The number of nitrogens with one attached hydrogen (secondary N) is 1. The van der Waals surface area contributed by atoms with Gasteiger partial charge in [0.05, 0.1) is 5.56 Å². The molecule has 16 heavy (non-hydrogen) atoms. The third kappa shape index (κ3) is 2.72. The molecule has 1 saturated heterocycles. The van der Waals surface area contributed by atoms with E-state index in [9.17, 15) is 13.2 Å². The predicted molar refractivity (Wildman–Crippen MR) is 53.9 cm³/mol. The monoisotopic (exact) mass is 230 g/mol. The average molecular weight is 230 g/mol. The fourth-order valence-corrected chi connectivity index (χ4v) is 1.90. The minimum Gasteiger partial charge on any atom is -0.316 e. The standard InChI is InChI=1S/C11H13F3N2/c12-11(13,14)9-1-2-10(16-7-9)5-8-3-4-15-6-8/h1-2,7-8,15H,3-6H2. The van der Waals surface area contributed by atoms with E-state index < -0.39 is 11.7 Å². The summed E-state index contributed by atoms with van der Waals surface area (Å²) in [7, 11) is 0. The maximum atomic E-state index is 12.3. The van der Waals surface area contributed by atoms with Crippen LogP contribution in [0.15, 0.2) is 18.3 Å². The number of hydrogen-bond donors (Lipinski definition) is 1. The second-order valence-corrected chi connectivity index (χ2v) is 4.10. The van der Waals surface area contributed by atoms with E-state index in [0.29, 0.717) is 5.92 Å². The second-order valence-electron chi connectivity index (χ2n) is 4.10. The number of aromatic nitrogens is 1. The van der Waals surface area contributed by atoms with Gasteiger partial charge in [-0.05, 0) is 44.0 Å². The predicted octanol–water partition coefficient (Wildman–Crippen LogP) is 2.25. The summed E-state index contributed by atoms with van der Waals surface area (Å²) >= 11 is 0. The van der Waals surface area contributed by atoms with Gasteiger partial charge in [0.25, 0.3) is 0 Å². The van der Waals surface area contributed by atoms with Crippen LogP contribution < -0.4 is 5.32 Å². The van der Waals surface area contributed by atoms with E-state index in [2.05, 4.69) is 10.3 Å². The number of hydrogen-bond acceptors (Lipinski definition) is 2. The smallest absolute Gasteiger partial charge is 0.316 e. The first-order chi connectivity index (χ1) is 7.55. The van der Waals surface area contributed by atoms with Crippen LogP contribution in [0.5, 0.6) is 0 Å². The van der Waals surface area contributed by atoms with Crippen LogP contribution in [0.2, 0.25) is 0 Å². The van der Waals surface area contributed by atoms with Crippen LogP contribution in [-0.2, 0) is 12.6 Å². The highest BCUT2D eigenvalue weighted by Gasteiger charge is 2.30. The summed E-state index contributed by atoms with van der Waals surface area (Å²) in [5, 5.41) is 3.22. The van der Waals surface area contributed by atoms with Gasteiger partial charge in [0.15, 0.2) is 0 Å². The lowest BCUT2D eigenvalue weighted by molar-refractivity contribution is -0.137. The van der Waals surface area contributed by atoms with E-state index >= 15 is 0 Å². The molecule has 0 spiro atoms. The highest BCUT2D eigenvalue weighted by molar-refractivity contribution is 5.17. The van der Waals surface area contributed by atoms with Gasteiger partial charge < -0.3 is 5.32 Å². The van der Waals surface area contributed by atoms with Crippen LogP contribution in [-0.4, -0.2) is 18.1 Å². The normalized spacial score (nSPS) is 21.3. The lowest BCUT2D eigenvalue weighted by Gasteiger charge is -2.09. The summed E-state index contributed by atoms with van der Waals surface area (Å²) in [6.45, 7) is 1.92. The maximum absolute atomic E-state index is 12.3. The molecule has 1 unspecified atom stereocenters. The van der Waals surface area contributed by atoms with Crippen molar-refractivity contribution in [2.45, 2.75) is 19.0 Å². The minimum atomic E-state index is -4.29. The first kappa shape index (κ1) is 11.4. The first-order valence-electron chi connectivity index (χ1n) is 5.28. The number of nitrogens with zero attached hydrogens (tertiary/aromatic N) is 1. The molecule has 0 aliphatic carbocycles. The zero-order chi connectivity index (χ0) is 11.6. The van der Waals surface area contributed by atoms with Crippen LogP contribution in [0.3, 0.4) is 0 Å². The molecule has 0 amide bonds. The zero-order valence-electron chi connectivity index (χ0n) is 8.72. The molecule has 1 aliphatic heterocycles. The Hall–Kier alpha value is -1.10. The first-order valence-corrected chi connectivity index (χ1v) is 5.28. The maximum Gasteiger partial charge on any atom is 0.417 e. The quantitative estimate of drug-likeness (QED) is 0.842.